The van der Waals surface area contributed by atoms with E-state index in [-0.39, 0.29) is 29.7 Å². The highest BCUT2D eigenvalue weighted by Crippen LogP contribution is 2.23. The fraction of sp³-hybridized carbons (Fsp3) is 0.120. The Morgan fingerprint density at radius 3 is 2.25 bits per heavy atom. The Labute approximate surface area is 184 Å². The summed E-state index contributed by atoms with van der Waals surface area (Å²) >= 11 is 0. The van der Waals surface area contributed by atoms with Crippen LogP contribution in [0.15, 0.2) is 72.9 Å². The maximum absolute atomic E-state index is 13.3. The summed E-state index contributed by atoms with van der Waals surface area (Å²) < 4.78 is 33.8. The van der Waals surface area contributed by atoms with Crippen LogP contribution in [-0.4, -0.2) is 15.7 Å². The number of halogens is 2. The van der Waals surface area contributed by atoms with Crippen molar-refractivity contribution >= 4 is 11.6 Å². The summed E-state index contributed by atoms with van der Waals surface area (Å²) in [5, 5.41) is 7.21. The Kier molecular flexibility index (Phi) is 5.98. The van der Waals surface area contributed by atoms with Gasteiger partial charge in [-0.05, 0) is 79.1 Å². The van der Waals surface area contributed by atoms with Gasteiger partial charge >= 0.3 is 0 Å². The molecule has 32 heavy (non-hydrogen) atoms. The first kappa shape index (κ1) is 21.2. The Bertz CT molecular complexity index is 1250. The van der Waals surface area contributed by atoms with E-state index in [1.165, 1.54) is 28.9 Å². The molecule has 5 nitrogen and oxygen atoms in total. The first-order valence-electron chi connectivity index (χ1n) is 10.0. The van der Waals surface area contributed by atoms with E-state index in [1.807, 2.05) is 32.0 Å². The van der Waals surface area contributed by atoms with Gasteiger partial charge in [0.15, 0.2) is 11.4 Å². The van der Waals surface area contributed by atoms with Gasteiger partial charge in [-0.25, -0.2) is 13.5 Å². The van der Waals surface area contributed by atoms with Crippen LogP contribution in [0.2, 0.25) is 0 Å². The number of aromatic nitrogens is 2. The lowest BCUT2D eigenvalue weighted by Gasteiger charge is -2.08. The van der Waals surface area contributed by atoms with Crippen molar-refractivity contribution in [2.24, 2.45) is 0 Å². The number of aryl methyl sites for hydroxylation is 2. The van der Waals surface area contributed by atoms with Crippen LogP contribution in [0.5, 0.6) is 5.75 Å². The minimum atomic E-state index is -0.441. The molecule has 4 aromatic rings. The molecule has 7 heteroatoms. The van der Waals surface area contributed by atoms with Gasteiger partial charge in [-0.15, -0.1) is 0 Å². The first-order chi connectivity index (χ1) is 15.4. The Morgan fingerprint density at radius 2 is 1.59 bits per heavy atom. The molecule has 0 unspecified atom stereocenters. The Balaban J connectivity index is 1.62. The summed E-state index contributed by atoms with van der Waals surface area (Å²) in [6.07, 6.45) is 1.56. The molecule has 0 aliphatic carbocycles. The summed E-state index contributed by atoms with van der Waals surface area (Å²) in [5.74, 6) is -0.907. The predicted octanol–water partition coefficient (Wildman–Crippen LogP) is 5.60. The van der Waals surface area contributed by atoms with Gasteiger partial charge in [0, 0.05) is 5.69 Å². The summed E-state index contributed by atoms with van der Waals surface area (Å²) in [7, 11) is 0. The molecule has 1 amide bonds. The molecule has 0 aliphatic rings. The number of nitrogens with one attached hydrogen (secondary N) is 1. The van der Waals surface area contributed by atoms with Gasteiger partial charge in [0.25, 0.3) is 5.91 Å². The average molecular weight is 433 g/mol. The summed E-state index contributed by atoms with van der Waals surface area (Å²) in [6, 6.07) is 17.2. The molecule has 0 fully saturated rings. The van der Waals surface area contributed by atoms with Crippen LogP contribution in [0, 0.1) is 25.5 Å². The van der Waals surface area contributed by atoms with Crippen molar-refractivity contribution in [3.8, 4) is 11.4 Å². The van der Waals surface area contributed by atoms with Crippen LogP contribution in [0.25, 0.3) is 5.69 Å². The molecule has 0 saturated carbocycles. The van der Waals surface area contributed by atoms with E-state index in [9.17, 15) is 13.6 Å². The van der Waals surface area contributed by atoms with Gasteiger partial charge in [-0.1, -0.05) is 18.2 Å². The number of hydrogen-bond donors (Lipinski definition) is 1. The highest BCUT2D eigenvalue weighted by Gasteiger charge is 2.20. The minimum absolute atomic E-state index is 0.0784. The van der Waals surface area contributed by atoms with E-state index >= 15 is 0 Å². The third-order valence-electron chi connectivity index (χ3n) is 5.06. The molecule has 1 aromatic heterocycles. The predicted molar refractivity (Wildman–Crippen MR) is 118 cm³/mol. The normalized spacial score (nSPS) is 10.8. The van der Waals surface area contributed by atoms with E-state index in [1.54, 1.807) is 30.5 Å². The molecule has 3 aromatic carbocycles. The van der Waals surface area contributed by atoms with Crippen LogP contribution >= 0.6 is 0 Å². The fourth-order valence-electron chi connectivity index (χ4n) is 3.10. The second-order valence-electron chi connectivity index (χ2n) is 7.43. The molecule has 0 atom stereocenters. The molecular weight excluding hydrogens is 412 g/mol. The van der Waals surface area contributed by atoms with Crippen molar-refractivity contribution in [3.63, 3.8) is 0 Å². The number of amides is 1. The maximum Gasteiger partial charge on any atom is 0.280 e. The van der Waals surface area contributed by atoms with Crippen LogP contribution < -0.4 is 10.1 Å². The average Bonchev–Trinajstić information content (AvgIpc) is 3.21. The number of anilines is 1. The largest absolute Gasteiger partial charge is 0.485 e. The molecule has 0 bridgehead atoms. The molecular formula is C25H21F2N3O2. The highest BCUT2D eigenvalue weighted by molar-refractivity contribution is 6.04. The second-order valence-corrected chi connectivity index (χ2v) is 7.43. The zero-order valence-electron chi connectivity index (χ0n) is 17.6. The minimum Gasteiger partial charge on any atom is -0.485 e. The van der Waals surface area contributed by atoms with E-state index in [2.05, 4.69) is 10.4 Å². The van der Waals surface area contributed by atoms with Crippen molar-refractivity contribution in [2.75, 3.05) is 5.32 Å². The maximum atomic E-state index is 13.3. The van der Waals surface area contributed by atoms with Gasteiger partial charge in [-0.2, -0.15) is 5.10 Å². The van der Waals surface area contributed by atoms with E-state index < -0.39 is 5.91 Å². The number of carbonyl (C=O) groups excluding carboxylic acids is 1. The molecule has 0 radical (unpaired) electrons. The molecule has 1 heterocycles. The lowest BCUT2D eigenvalue weighted by atomic mass is 10.1. The number of nitrogens with zero attached hydrogens (tertiary/aromatic N) is 2. The quantitative estimate of drug-likeness (QED) is 0.431. The zero-order chi connectivity index (χ0) is 22.7. The smallest absolute Gasteiger partial charge is 0.280 e. The molecule has 4 rings (SSSR count). The second kappa shape index (κ2) is 9.01. The van der Waals surface area contributed by atoms with Crippen molar-refractivity contribution in [2.45, 2.75) is 20.5 Å². The molecule has 0 spiro atoms. The van der Waals surface area contributed by atoms with E-state index in [4.69, 9.17) is 4.74 Å². The van der Waals surface area contributed by atoms with Gasteiger partial charge in [0.2, 0.25) is 0 Å². The summed E-state index contributed by atoms with van der Waals surface area (Å²) in [6.45, 7) is 4.08. The van der Waals surface area contributed by atoms with Crippen molar-refractivity contribution in [1.29, 1.82) is 0 Å². The monoisotopic (exact) mass is 433 g/mol. The number of ether oxygens (including phenoxy) is 1. The number of hydrogen-bond acceptors (Lipinski definition) is 3. The summed E-state index contributed by atoms with van der Waals surface area (Å²) in [4.78, 5) is 13.0. The molecule has 0 aliphatic heterocycles. The lowest BCUT2D eigenvalue weighted by molar-refractivity contribution is 0.101. The van der Waals surface area contributed by atoms with Gasteiger partial charge in [-0.3, -0.25) is 4.79 Å². The topological polar surface area (TPSA) is 56.2 Å². The lowest BCUT2D eigenvalue weighted by Crippen LogP contribution is -2.14. The standard InChI is InChI=1S/C25H21F2N3O2/c1-16-3-10-21(13-17(16)2)28-25(31)24-23(32-15-18-4-6-19(26)7-5-18)14-30(29-24)22-11-8-20(27)9-12-22/h3-14H,15H2,1-2H3,(H,28,31). The van der Waals surface area contributed by atoms with E-state index in [0.29, 0.717) is 11.4 Å². The first-order valence-corrected chi connectivity index (χ1v) is 10.0. The van der Waals surface area contributed by atoms with Gasteiger partial charge < -0.3 is 10.1 Å². The van der Waals surface area contributed by atoms with Gasteiger partial charge in [0.05, 0.1) is 11.9 Å². The van der Waals surface area contributed by atoms with Crippen molar-refractivity contribution in [3.05, 3.63) is 107 Å². The number of rotatable bonds is 6. The molecule has 162 valence electrons. The SMILES string of the molecule is Cc1ccc(NC(=O)c2nn(-c3ccc(F)cc3)cc2OCc2ccc(F)cc2)cc1C. The number of benzene rings is 3. The van der Waals surface area contributed by atoms with Crippen LogP contribution in [0.3, 0.4) is 0 Å². The third-order valence-corrected chi connectivity index (χ3v) is 5.06. The fourth-order valence-corrected chi connectivity index (χ4v) is 3.10. The zero-order valence-corrected chi connectivity index (χ0v) is 17.6. The summed E-state index contributed by atoms with van der Waals surface area (Å²) in [5.41, 5.74) is 4.19. The number of carbonyl (C=O) groups is 1. The van der Waals surface area contributed by atoms with Gasteiger partial charge in [0.1, 0.15) is 18.2 Å². The van der Waals surface area contributed by atoms with E-state index in [0.717, 1.165) is 16.7 Å². The van der Waals surface area contributed by atoms with Crippen molar-refractivity contribution in [1.82, 2.24) is 9.78 Å². The molecule has 1 N–H and O–H groups in total. The molecule has 0 saturated heterocycles. The third kappa shape index (κ3) is 4.83. The van der Waals surface area contributed by atoms with Crippen LogP contribution in [0.1, 0.15) is 27.2 Å². The highest BCUT2D eigenvalue weighted by atomic mass is 19.1. The van der Waals surface area contributed by atoms with Crippen LogP contribution in [0.4, 0.5) is 14.5 Å². The Morgan fingerprint density at radius 1 is 0.938 bits per heavy atom. The Hall–Kier alpha value is -4.00. The van der Waals surface area contributed by atoms with Crippen LogP contribution in [-0.2, 0) is 6.61 Å². The van der Waals surface area contributed by atoms with Crippen molar-refractivity contribution < 1.29 is 18.3 Å².